The van der Waals surface area contributed by atoms with Crippen molar-refractivity contribution in [3.63, 3.8) is 0 Å². The molecule has 0 saturated heterocycles. The molecule has 0 atom stereocenters. The van der Waals surface area contributed by atoms with E-state index in [9.17, 15) is 4.79 Å². The first kappa shape index (κ1) is 12.7. The fraction of sp³-hybridized carbons (Fsp3) is 0.538. The van der Waals surface area contributed by atoms with Gasteiger partial charge < -0.3 is 10.3 Å². The molecule has 18 heavy (non-hydrogen) atoms. The van der Waals surface area contributed by atoms with Gasteiger partial charge in [-0.3, -0.25) is 9.78 Å². The van der Waals surface area contributed by atoms with Crippen molar-refractivity contribution in [1.29, 1.82) is 0 Å². The van der Waals surface area contributed by atoms with E-state index in [1.807, 2.05) is 10.8 Å². The number of aromatic amines is 1. The van der Waals surface area contributed by atoms with Gasteiger partial charge in [0.1, 0.15) is 5.65 Å². The first-order valence-corrected chi connectivity index (χ1v) is 6.12. The molecule has 0 saturated carbocycles. The fourth-order valence-corrected chi connectivity index (χ4v) is 2.13. The second-order valence-corrected chi connectivity index (χ2v) is 5.94. The monoisotopic (exact) mass is 248 g/mol. The molecule has 5 nitrogen and oxygen atoms in total. The van der Waals surface area contributed by atoms with Gasteiger partial charge in [0.05, 0.1) is 5.39 Å². The number of nitrogens with two attached hydrogens (primary N) is 1. The van der Waals surface area contributed by atoms with Crippen molar-refractivity contribution in [2.45, 2.75) is 46.1 Å². The molecule has 5 heteroatoms. The van der Waals surface area contributed by atoms with E-state index in [1.54, 1.807) is 0 Å². The summed E-state index contributed by atoms with van der Waals surface area (Å²) in [5, 5.41) is 0.644. The van der Waals surface area contributed by atoms with Gasteiger partial charge in [-0.05, 0) is 24.8 Å². The molecule has 0 fully saturated rings. The van der Waals surface area contributed by atoms with Crippen molar-refractivity contribution < 1.29 is 0 Å². The number of hydrogen-bond donors (Lipinski definition) is 2. The van der Waals surface area contributed by atoms with E-state index in [1.165, 1.54) is 0 Å². The first-order valence-electron chi connectivity index (χ1n) is 6.12. The average molecular weight is 248 g/mol. The summed E-state index contributed by atoms with van der Waals surface area (Å²) in [6, 6.07) is 0.234. The summed E-state index contributed by atoms with van der Waals surface area (Å²) in [5.41, 5.74) is 7.02. The number of anilines is 1. The molecule has 0 spiro atoms. The third-order valence-corrected chi connectivity index (χ3v) is 3.07. The number of rotatable bonds is 1. The molecule has 2 heterocycles. The summed E-state index contributed by atoms with van der Waals surface area (Å²) in [7, 11) is 0. The highest BCUT2D eigenvalue weighted by Crippen LogP contribution is 2.30. The minimum Gasteiger partial charge on any atom is -0.369 e. The highest BCUT2D eigenvalue weighted by Gasteiger charge is 2.24. The quantitative estimate of drug-likeness (QED) is 0.812. The van der Waals surface area contributed by atoms with E-state index in [0.717, 1.165) is 5.56 Å². The van der Waals surface area contributed by atoms with Gasteiger partial charge in [-0.15, -0.1) is 0 Å². The normalized spacial score (nSPS) is 12.6. The first-order chi connectivity index (χ1) is 8.21. The van der Waals surface area contributed by atoms with E-state index in [2.05, 4.69) is 44.6 Å². The Morgan fingerprint density at radius 2 is 2.00 bits per heavy atom. The molecule has 0 unspecified atom stereocenters. The number of hydrogen-bond acceptors (Lipinski definition) is 3. The summed E-state index contributed by atoms with van der Waals surface area (Å²) in [6.45, 7) is 10.4. The van der Waals surface area contributed by atoms with Gasteiger partial charge in [0.15, 0.2) is 0 Å². The zero-order valence-electron chi connectivity index (χ0n) is 11.5. The van der Waals surface area contributed by atoms with Crippen molar-refractivity contribution in [1.82, 2.24) is 14.5 Å². The van der Waals surface area contributed by atoms with Crippen LogP contribution in [0.25, 0.3) is 11.0 Å². The smallest absolute Gasteiger partial charge is 0.262 e. The van der Waals surface area contributed by atoms with Crippen LogP contribution >= 0.6 is 0 Å². The predicted molar refractivity (Wildman–Crippen MR) is 73.9 cm³/mol. The van der Waals surface area contributed by atoms with Gasteiger partial charge in [0.2, 0.25) is 5.95 Å². The topological polar surface area (TPSA) is 76.7 Å². The summed E-state index contributed by atoms with van der Waals surface area (Å²) in [4.78, 5) is 19.0. The molecule has 0 aromatic carbocycles. The van der Waals surface area contributed by atoms with Crippen molar-refractivity contribution in [2.24, 2.45) is 0 Å². The minimum absolute atomic E-state index is 0.108. The zero-order valence-corrected chi connectivity index (χ0v) is 11.5. The Bertz CT molecular complexity index is 643. The maximum atomic E-state index is 12.1. The molecule has 3 N–H and O–H groups in total. The summed E-state index contributed by atoms with van der Waals surface area (Å²) in [5.74, 6) is 0.160. The van der Waals surface area contributed by atoms with Gasteiger partial charge in [-0.2, -0.15) is 4.98 Å². The summed E-state index contributed by atoms with van der Waals surface area (Å²) >= 11 is 0. The van der Waals surface area contributed by atoms with Crippen LogP contribution in [0.5, 0.6) is 0 Å². The van der Waals surface area contributed by atoms with Crippen LogP contribution in [0, 0.1) is 0 Å². The predicted octanol–water partition coefficient (Wildman–Crippen LogP) is 2.19. The lowest BCUT2D eigenvalue weighted by atomic mass is 9.87. The molecule has 0 aliphatic heterocycles. The van der Waals surface area contributed by atoms with Gasteiger partial charge in [0.25, 0.3) is 5.56 Å². The van der Waals surface area contributed by atoms with Crippen molar-refractivity contribution in [3.05, 3.63) is 22.1 Å². The molecule has 2 aromatic rings. The van der Waals surface area contributed by atoms with Crippen molar-refractivity contribution in [3.8, 4) is 0 Å². The average Bonchev–Trinajstić information content (AvgIpc) is 2.56. The van der Waals surface area contributed by atoms with Crippen LogP contribution < -0.4 is 11.3 Å². The standard InChI is InChI=1S/C13H20N4O/c1-7(2)17-6-8(13(3,4)5)9-10(17)15-12(14)16-11(9)18/h6-7H,1-5H3,(H3,14,15,16,18). The van der Waals surface area contributed by atoms with Crippen LogP contribution in [0.3, 0.4) is 0 Å². The number of H-pyrrole nitrogens is 1. The minimum atomic E-state index is -0.165. The number of nitrogens with zero attached hydrogens (tertiary/aromatic N) is 2. The molecule has 0 amide bonds. The van der Waals surface area contributed by atoms with Gasteiger partial charge >= 0.3 is 0 Å². The van der Waals surface area contributed by atoms with Crippen LogP contribution in [0.15, 0.2) is 11.0 Å². The maximum absolute atomic E-state index is 12.1. The van der Waals surface area contributed by atoms with Crippen LogP contribution in [0.1, 0.15) is 46.2 Å². The molecule has 2 rings (SSSR count). The number of fused-ring (bicyclic) bond motifs is 1. The Morgan fingerprint density at radius 3 is 2.50 bits per heavy atom. The Morgan fingerprint density at radius 1 is 1.39 bits per heavy atom. The molecule has 0 radical (unpaired) electrons. The lowest BCUT2D eigenvalue weighted by Gasteiger charge is -2.17. The van der Waals surface area contributed by atoms with Crippen LogP contribution in [0.4, 0.5) is 5.95 Å². The van der Waals surface area contributed by atoms with E-state index in [0.29, 0.717) is 11.0 Å². The Labute approximate surface area is 106 Å². The lowest BCUT2D eigenvalue weighted by Crippen LogP contribution is -2.17. The van der Waals surface area contributed by atoms with Gasteiger partial charge in [-0.1, -0.05) is 20.8 Å². The number of nitrogen functional groups attached to an aromatic ring is 1. The highest BCUT2D eigenvalue weighted by molar-refractivity contribution is 5.81. The van der Waals surface area contributed by atoms with Crippen molar-refractivity contribution in [2.75, 3.05) is 5.73 Å². The molecule has 98 valence electrons. The largest absolute Gasteiger partial charge is 0.369 e. The summed E-state index contributed by atoms with van der Waals surface area (Å²) < 4.78 is 2.00. The molecule has 0 aliphatic carbocycles. The second kappa shape index (κ2) is 3.86. The van der Waals surface area contributed by atoms with Gasteiger partial charge in [0, 0.05) is 12.2 Å². The van der Waals surface area contributed by atoms with E-state index >= 15 is 0 Å². The summed E-state index contributed by atoms with van der Waals surface area (Å²) in [6.07, 6.45) is 2.01. The third kappa shape index (κ3) is 1.89. The Balaban J connectivity index is 2.95. The van der Waals surface area contributed by atoms with E-state index in [-0.39, 0.29) is 23.0 Å². The lowest BCUT2D eigenvalue weighted by molar-refractivity contribution is 0.576. The second-order valence-electron chi connectivity index (χ2n) is 5.94. The van der Waals surface area contributed by atoms with Crippen LogP contribution in [-0.4, -0.2) is 14.5 Å². The molecular weight excluding hydrogens is 228 g/mol. The Hall–Kier alpha value is -1.78. The number of nitrogens with one attached hydrogen (secondary N) is 1. The fourth-order valence-electron chi connectivity index (χ4n) is 2.13. The van der Waals surface area contributed by atoms with E-state index in [4.69, 9.17) is 5.73 Å². The molecular formula is C13H20N4O. The van der Waals surface area contributed by atoms with Gasteiger partial charge in [-0.25, -0.2) is 0 Å². The SMILES string of the molecule is CC(C)n1cc(C(C)(C)C)c2c(=O)[nH]c(N)nc21. The Kier molecular flexibility index (Phi) is 2.72. The molecule has 2 aromatic heterocycles. The van der Waals surface area contributed by atoms with Crippen LogP contribution in [-0.2, 0) is 5.41 Å². The molecule has 0 bridgehead atoms. The van der Waals surface area contributed by atoms with Crippen LogP contribution in [0.2, 0.25) is 0 Å². The third-order valence-electron chi connectivity index (χ3n) is 3.07. The zero-order chi connectivity index (χ0) is 13.7. The van der Waals surface area contributed by atoms with E-state index < -0.39 is 0 Å². The number of aromatic nitrogens is 3. The highest BCUT2D eigenvalue weighted by atomic mass is 16.1. The van der Waals surface area contributed by atoms with Crippen molar-refractivity contribution >= 4 is 17.0 Å². The molecule has 0 aliphatic rings. The maximum Gasteiger partial charge on any atom is 0.262 e.